The van der Waals surface area contributed by atoms with E-state index in [1.807, 2.05) is 34.9 Å². The molecule has 30 heavy (non-hydrogen) atoms. The average Bonchev–Trinajstić information content (AvgIpc) is 3.43. The second kappa shape index (κ2) is 9.45. The molecule has 1 fully saturated rings. The summed E-state index contributed by atoms with van der Waals surface area (Å²) in [6.45, 7) is 5.54. The lowest BCUT2D eigenvalue weighted by Crippen LogP contribution is -2.32. The normalized spacial score (nSPS) is 16.0. The molecule has 0 spiro atoms. The van der Waals surface area contributed by atoms with Crippen LogP contribution in [-0.4, -0.2) is 45.7 Å². The van der Waals surface area contributed by atoms with Gasteiger partial charge in [0.25, 0.3) is 0 Å². The van der Waals surface area contributed by atoms with E-state index in [2.05, 4.69) is 47.6 Å². The van der Waals surface area contributed by atoms with Crippen molar-refractivity contribution in [2.24, 2.45) is 0 Å². The molecule has 6 nitrogen and oxygen atoms in total. The molecule has 7 heteroatoms. The van der Waals surface area contributed by atoms with Crippen molar-refractivity contribution in [2.75, 3.05) is 18.9 Å². The van der Waals surface area contributed by atoms with Crippen molar-refractivity contribution in [1.29, 1.82) is 0 Å². The third kappa shape index (κ3) is 4.74. The van der Waals surface area contributed by atoms with Crippen molar-refractivity contribution in [1.82, 2.24) is 20.1 Å². The first-order valence-electron chi connectivity index (χ1n) is 10.2. The molecule has 156 valence electrons. The van der Waals surface area contributed by atoms with Crippen LogP contribution in [-0.2, 0) is 9.53 Å². The van der Waals surface area contributed by atoms with Gasteiger partial charge in [0.05, 0.1) is 17.5 Å². The number of nitrogens with one attached hydrogen (secondary N) is 1. The third-order valence-corrected chi connectivity index (χ3v) is 6.23. The molecule has 1 aliphatic heterocycles. The standard InChI is InChI=1S/C23H26N4O2S/c1-16-10-11-19(13-17(16)2)27-22(18-7-4-3-5-8-18)25-26-23(27)30-15-21(28)24-14-20-9-6-12-29-20/h3-5,7-8,10-11,13,20H,6,9,12,14-15H2,1-2H3,(H,24,28)/t20-/m0/s1. The molecule has 1 aromatic heterocycles. The fraction of sp³-hybridized carbons (Fsp3) is 0.348. The number of hydrogen-bond donors (Lipinski definition) is 1. The first-order chi connectivity index (χ1) is 14.6. The van der Waals surface area contributed by atoms with Crippen LogP contribution < -0.4 is 5.32 Å². The van der Waals surface area contributed by atoms with Gasteiger partial charge < -0.3 is 10.1 Å². The second-order valence-corrected chi connectivity index (χ2v) is 8.45. The van der Waals surface area contributed by atoms with Crippen LogP contribution in [0.5, 0.6) is 0 Å². The number of ether oxygens (including phenoxy) is 1. The second-order valence-electron chi connectivity index (χ2n) is 7.50. The van der Waals surface area contributed by atoms with E-state index < -0.39 is 0 Å². The SMILES string of the molecule is Cc1ccc(-n2c(SCC(=O)NC[C@@H]3CCCO3)nnc2-c2ccccc2)cc1C. The lowest BCUT2D eigenvalue weighted by molar-refractivity contribution is -0.119. The van der Waals surface area contributed by atoms with Crippen molar-refractivity contribution in [3.05, 3.63) is 59.7 Å². The number of thioether (sulfide) groups is 1. The van der Waals surface area contributed by atoms with E-state index in [9.17, 15) is 4.79 Å². The van der Waals surface area contributed by atoms with E-state index in [1.54, 1.807) is 0 Å². The minimum Gasteiger partial charge on any atom is -0.376 e. The molecule has 1 saturated heterocycles. The molecule has 0 unspecified atom stereocenters. The van der Waals surface area contributed by atoms with Gasteiger partial charge in [0.15, 0.2) is 11.0 Å². The van der Waals surface area contributed by atoms with Gasteiger partial charge in [-0.3, -0.25) is 9.36 Å². The molecule has 1 N–H and O–H groups in total. The summed E-state index contributed by atoms with van der Waals surface area (Å²) in [4.78, 5) is 12.4. The highest BCUT2D eigenvalue weighted by atomic mass is 32.2. The van der Waals surface area contributed by atoms with E-state index in [-0.39, 0.29) is 17.8 Å². The van der Waals surface area contributed by atoms with Crippen LogP contribution in [0.25, 0.3) is 17.1 Å². The van der Waals surface area contributed by atoms with Gasteiger partial charge in [-0.2, -0.15) is 0 Å². The van der Waals surface area contributed by atoms with Crippen LogP contribution in [0.15, 0.2) is 53.7 Å². The Bertz CT molecular complexity index is 1010. The van der Waals surface area contributed by atoms with Crippen LogP contribution in [0.2, 0.25) is 0 Å². The van der Waals surface area contributed by atoms with Crippen molar-refractivity contribution in [3.63, 3.8) is 0 Å². The van der Waals surface area contributed by atoms with Gasteiger partial charge in [-0.05, 0) is 49.9 Å². The lowest BCUT2D eigenvalue weighted by Gasteiger charge is -2.13. The summed E-state index contributed by atoms with van der Waals surface area (Å²) in [6, 6.07) is 16.3. The topological polar surface area (TPSA) is 69.0 Å². The smallest absolute Gasteiger partial charge is 0.230 e. The molecular formula is C23H26N4O2S. The monoisotopic (exact) mass is 422 g/mol. The number of rotatable bonds is 7. The summed E-state index contributed by atoms with van der Waals surface area (Å²) >= 11 is 1.39. The fourth-order valence-corrected chi connectivity index (χ4v) is 4.23. The van der Waals surface area contributed by atoms with Gasteiger partial charge in [0.1, 0.15) is 0 Å². The number of aryl methyl sites for hydroxylation is 2. The largest absolute Gasteiger partial charge is 0.376 e. The Balaban J connectivity index is 1.55. The zero-order valence-corrected chi connectivity index (χ0v) is 18.1. The van der Waals surface area contributed by atoms with Gasteiger partial charge in [-0.1, -0.05) is 48.2 Å². The maximum atomic E-state index is 12.4. The van der Waals surface area contributed by atoms with E-state index >= 15 is 0 Å². The number of carbonyl (C=O) groups is 1. The quantitative estimate of drug-likeness (QED) is 0.584. The van der Waals surface area contributed by atoms with E-state index in [1.165, 1.54) is 22.9 Å². The summed E-state index contributed by atoms with van der Waals surface area (Å²) in [5, 5.41) is 12.5. The molecule has 0 saturated carbocycles. The Hall–Kier alpha value is -2.64. The van der Waals surface area contributed by atoms with Gasteiger partial charge in [-0.15, -0.1) is 10.2 Å². The third-order valence-electron chi connectivity index (χ3n) is 5.30. The summed E-state index contributed by atoms with van der Waals surface area (Å²) in [6.07, 6.45) is 2.22. The fourth-order valence-electron chi connectivity index (χ4n) is 3.45. The molecule has 4 rings (SSSR count). The number of benzene rings is 2. The summed E-state index contributed by atoms with van der Waals surface area (Å²) < 4.78 is 7.60. The molecule has 0 aliphatic carbocycles. The first-order valence-corrected chi connectivity index (χ1v) is 11.2. The minimum absolute atomic E-state index is 0.0219. The molecule has 0 radical (unpaired) electrons. The molecule has 3 aromatic rings. The zero-order valence-electron chi connectivity index (χ0n) is 17.3. The molecule has 1 amide bonds. The lowest BCUT2D eigenvalue weighted by atomic mass is 10.1. The van der Waals surface area contributed by atoms with Gasteiger partial charge >= 0.3 is 0 Å². The van der Waals surface area contributed by atoms with Crippen molar-refractivity contribution in [3.8, 4) is 17.1 Å². The Morgan fingerprint density at radius 3 is 2.73 bits per heavy atom. The van der Waals surface area contributed by atoms with E-state index in [0.717, 1.165) is 36.5 Å². The van der Waals surface area contributed by atoms with E-state index in [0.29, 0.717) is 11.7 Å². The summed E-state index contributed by atoms with van der Waals surface area (Å²) in [7, 11) is 0. The molecule has 1 atom stereocenters. The summed E-state index contributed by atoms with van der Waals surface area (Å²) in [5.41, 5.74) is 4.41. The Morgan fingerprint density at radius 1 is 1.17 bits per heavy atom. The van der Waals surface area contributed by atoms with Crippen LogP contribution in [0.1, 0.15) is 24.0 Å². The Kier molecular flexibility index (Phi) is 6.50. The minimum atomic E-state index is -0.0219. The Labute approximate surface area is 181 Å². The number of hydrogen-bond acceptors (Lipinski definition) is 5. The molecule has 2 heterocycles. The van der Waals surface area contributed by atoms with Crippen molar-refractivity contribution < 1.29 is 9.53 Å². The van der Waals surface area contributed by atoms with Crippen LogP contribution in [0, 0.1) is 13.8 Å². The van der Waals surface area contributed by atoms with Crippen molar-refractivity contribution in [2.45, 2.75) is 37.9 Å². The van der Waals surface area contributed by atoms with Gasteiger partial charge in [0, 0.05) is 18.7 Å². The predicted octanol–water partition coefficient (Wildman–Crippen LogP) is 3.94. The number of aromatic nitrogens is 3. The zero-order chi connectivity index (χ0) is 20.9. The van der Waals surface area contributed by atoms with Gasteiger partial charge in [0.2, 0.25) is 5.91 Å². The first kappa shape index (κ1) is 20.6. The highest BCUT2D eigenvalue weighted by Crippen LogP contribution is 2.28. The number of nitrogens with zero attached hydrogens (tertiary/aromatic N) is 3. The maximum Gasteiger partial charge on any atom is 0.230 e. The van der Waals surface area contributed by atoms with Crippen LogP contribution in [0.3, 0.4) is 0 Å². The van der Waals surface area contributed by atoms with Crippen molar-refractivity contribution >= 4 is 17.7 Å². The average molecular weight is 423 g/mol. The Morgan fingerprint density at radius 2 is 2.00 bits per heavy atom. The highest BCUT2D eigenvalue weighted by molar-refractivity contribution is 7.99. The van der Waals surface area contributed by atoms with E-state index in [4.69, 9.17) is 4.74 Å². The predicted molar refractivity (Wildman–Crippen MR) is 119 cm³/mol. The highest BCUT2D eigenvalue weighted by Gasteiger charge is 2.19. The number of carbonyl (C=O) groups excluding carboxylic acids is 1. The molecular weight excluding hydrogens is 396 g/mol. The van der Waals surface area contributed by atoms with Crippen LogP contribution >= 0.6 is 11.8 Å². The molecule has 2 aromatic carbocycles. The molecule has 0 bridgehead atoms. The summed E-state index contributed by atoms with van der Waals surface area (Å²) in [5.74, 6) is 1.03. The maximum absolute atomic E-state index is 12.4. The molecule has 1 aliphatic rings. The van der Waals surface area contributed by atoms with Crippen LogP contribution in [0.4, 0.5) is 0 Å². The van der Waals surface area contributed by atoms with Gasteiger partial charge in [-0.25, -0.2) is 0 Å². The number of amides is 1.